The highest BCUT2D eigenvalue weighted by molar-refractivity contribution is 5.73. The minimum Gasteiger partial charge on any atom is -0.331 e. The summed E-state index contributed by atoms with van der Waals surface area (Å²) in [5.74, 6) is 0. The van der Waals surface area contributed by atoms with E-state index in [1.54, 1.807) is 10.9 Å². The zero-order valence-corrected chi connectivity index (χ0v) is 10.2. The lowest BCUT2D eigenvalue weighted by atomic mass is 10.1. The van der Waals surface area contributed by atoms with Crippen LogP contribution in [0.4, 0.5) is 0 Å². The van der Waals surface area contributed by atoms with Crippen molar-refractivity contribution in [1.82, 2.24) is 9.55 Å². The summed E-state index contributed by atoms with van der Waals surface area (Å²) in [6.45, 7) is 2.08. The van der Waals surface area contributed by atoms with Gasteiger partial charge in [-0.15, -0.1) is 0 Å². The van der Waals surface area contributed by atoms with Crippen LogP contribution in [0.15, 0.2) is 30.6 Å². The average Bonchev–Trinajstić information content (AvgIpc) is 2.67. The highest BCUT2D eigenvalue weighted by atomic mass is 16.1. The molecule has 0 N–H and O–H groups in total. The van der Waals surface area contributed by atoms with Crippen LogP contribution in [0.1, 0.15) is 27.3 Å². The van der Waals surface area contributed by atoms with E-state index in [-0.39, 0.29) is 0 Å². The number of carbonyl (C=O) groups is 1. The van der Waals surface area contributed by atoms with Gasteiger partial charge in [0.1, 0.15) is 5.69 Å². The SMILES string of the molecule is Cc1cccc(CCc2ncn(C)c2C=O)c1. The van der Waals surface area contributed by atoms with E-state index >= 15 is 0 Å². The second kappa shape index (κ2) is 4.95. The fraction of sp³-hybridized carbons (Fsp3) is 0.286. The Balaban J connectivity index is 2.09. The van der Waals surface area contributed by atoms with Crippen LogP contribution in [-0.2, 0) is 19.9 Å². The summed E-state index contributed by atoms with van der Waals surface area (Å²) in [5.41, 5.74) is 4.10. The summed E-state index contributed by atoms with van der Waals surface area (Å²) >= 11 is 0. The molecule has 88 valence electrons. The van der Waals surface area contributed by atoms with Crippen LogP contribution in [0, 0.1) is 6.92 Å². The van der Waals surface area contributed by atoms with E-state index in [1.165, 1.54) is 11.1 Å². The second-order valence-electron chi connectivity index (χ2n) is 4.29. The molecule has 2 rings (SSSR count). The van der Waals surface area contributed by atoms with E-state index in [9.17, 15) is 4.79 Å². The van der Waals surface area contributed by atoms with Crippen LogP contribution in [0.5, 0.6) is 0 Å². The summed E-state index contributed by atoms with van der Waals surface area (Å²) in [6, 6.07) is 8.42. The Bertz CT molecular complexity index is 529. The molecule has 0 saturated carbocycles. The molecule has 0 spiro atoms. The van der Waals surface area contributed by atoms with Gasteiger partial charge >= 0.3 is 0 Å². The van der Waals surface area contributed by atoms with Gasteiger partial charge in [-0.1, -0.05) is 29.8 Å². The Morgan fingerprint density at radius 1 is 1.35 bits per heavy atom. The smallest absolute Gasteiger partial charge is 0.168 e. The highest BCUT2D eigenvalue weighted by Gasteiger charge is 2.07. The zero-order valence-electron chi connectivity index (χ0n) is 10.2. The summed E-state index contributed by atoms with van der Waals surface area (Å²) < 4.78 is 1.76. The van der Waals surface area contributed by atoms with E-state index in [1.807, 2.05) is 7.05 Å². The lowest BCUT2D eigenvalue weighted by Gasteiger charge is -2.02. The lowest BCUT2D eigenvalue weighted by molar-refractivity contribution is 0.111. The maximum atomic E-state index is 10.9. The van der Waals surface area contributed by atoms with E-state index in [2.05, 4.69) is 36.2 Å². The predicted octanol–water partition coefficient (Wildman–Crippen LogP) is 2.33. The molecule has 0 saturated heterocycles. The molecule has 0 aliphatic rings. The molecule has 3 heteroatoms. The van der Waals surface area contributed by atoms with Crippen LogP contribution < -0.4 is 0 Å². The Hall–Kier alpha value is -1.90. The molecule has 0 amide bonds. The first-order chi connectivity index (χ1) is 8.20. The molecule has 0 fully saturated rings. The first kappa shape index (κ1) is 11.6. The third kappa shape index (κ3) is 2.61. The summed E-state index contributed by atoms with van der Waals surface area (Å²) in [7, 11) is 1.84. The van der Waals surface area contributed by atoms with Crippen molar-refractivity contribution in [1.29, 1.82) is 0 Å². The minimum absolute atomic E-state index is 0.678. The molecule has 0 bridgehead atoms. The van der Waals surface area contributed by atoms with Crippen molar-refractivity contribution in [3.63, 3.8) is 0 Å². The number of rotatable bonds is 4. The Labute approximate surface area is 101 Å². The van der Waals surface area contributed by atoms with Crippen LogP contribution in [-0.4, -0.2) is 15.8 Å². The van der Waals surface area contributed by atoms with Gasteiger partial charge < -0.3 is 4.57 Å². The minimum atomic E-state index is 0.678. The molecule has 1 heterocycles. The van der Waals surface area contributed by atoms with Crippen molar-refractivity contribution in [2.24, 2.45) is 7.05 Å². The highest BCUT2D eigenvalue weighted by Crippen LogP contribution is 2.10. The molecule has 2 aromatic rings. The van der Waals surface area contributed by atoms with E-state index < -0.39 is 0 Å². The lowest BCUT2D eigenvalue weighted by Crippen LogP contribution is -1.99. The van der Waals surface area contributed by atoms with Crippen molar-refractivity contribution < 1.29 is 4.79 Å². The largest absolute Gasteiger partial charge is 0.331 e. The van der Waals surface area contributed by atoms with E-state index in [4.69, 9.17) is 0 Å². The number of benzene rings is 1. The topological polar surface area (TPSA) is 34.9 Å². The summed E-state index contributed by atoms with van der Waals surface area (Å²) in [6.07, 6.45) is 4.28. The monoisotopic (exact) mass is 228 g/mol. The van der Waals surface area contributed by atoms with Crippen LogP contribution in [0.3, 0.4) is 0 Å². The quantitative estimate of drug-likeness (QED) is 0.753. The third-order valence-corrected chi connectivity index (χ3v) is 2.91. The number of aryl methyl sites for hydroxylation is 4. The number of carbonyl (C=O) groups excluding carboxylic acids is 1. The standard InChI is InChI=1S/C14H16N2O/c1-11-4-3-5-12(8-11)6-7-13-14(9-17)16(2)10-15-13/h3-5,8-10H,6-7H2,1-2H3. The zero-order chi connectivity index (χ0) is 12.3. The number of hydrogen-bond acceptors (Lipinski definition) is 2. The first-order valence-electron chi connectivity index (χ1n) is 5.71. The molecule has 0 unspecified atom stereocenters. The molecule has 17 heavy (non-hydrogen) atoms. The van der Waals surface area contributed by atoms with Crippen molar-refractivity contribution in [3.05, 3.63) is 53.1 Å². The molecule has 0 radical (unpaired) electrons. The van der Waals surface area contributed by atoms with Crippen LogP contribution in [0.25, 0.3) is 0 Å². The average molecular weight is 228 g/mol. The van der Waals surface area contributed by atoms with Crippen LogP contribution in [0.2, 0.25) is 0 Å². The summed E-state index contributed by atoms with van der Waals surface area (Å²) in [4.78, 5) is 15.2. The van der Waals surface area contributed by atoms with E-state index in [0.29, 0.717) is 5.69 Å². The predicted molar refractivity (Wildman–Crippen MR) is 67.2 cm³/mol. The molecule has 1 aromatic heterocycles. The molecule has 3 nitrogen and oxygen atoms in total. The molecule has 0 aliphatic carbocycles. The number of hydrogen-bond donors (Lipinski definition) is 0. The Kier molecular flexibility index (Phi) is 3.38. The van der Waals surface area contributed by atoms with Gasteiger partial charge in [0, 0.05) is 7.05 Å². The fourth-order valence-electron chi connectivity index (χ4n) is 1.96. The van der Waals surface area contributed by atoms with Crippen molar-refractivity contribution in [3.8, 4) is 0 Å². The molecule has 0 aliphatic heterocycles. The molecular formula is C14H16N2O. The van der Waals surface area contributed by atoms with Gasteiger partial charge in [0.2, 0.25) is 0 Å². The van der Waals surface area contributed by atoms with E-state index in [0.717, 1.165) is 24.8 Å². The number of nitrogens with zero attached hydrogens (tertiary/aromatic N) is 2. The van der Waals surface area contributed by atoms with Gasteiger partial charge in [0.05, 0.1) is 12.0 Å². The van der Waals surface area contributed by atoms with Gasteiger partial charge in [-0.3, -0.25) is 4.79 Å². The van der Waals surface area contributed by atoms with Crippen LogP contribution >= 0.6 is 0 Å². The normalized spacial score (nSPS) is 10.5. The maximum Gasteiger partial charge on any atom is 0.168 e. The number of imidazole rings is 1. The maximum absolute atomic E-state index is 10.9. The van der Waals surface area contributed by atoms with Gasteiger partial charge in [-0.2, -0.15) is 0 Å². The van der Waals surface area contributed by atoms with Gasteiger partial charge in [0.15, 0.2) is 6.29 Å². The van der Waals surface area contributed by atoms with Crippen molar-refractivity contribution in [2.45, 2.75) is 19.8 Å². The molecular weight excluding hydrogens is 212 g/mol. The van der Waals surface area contributed by atoms with Gasteiger partial charge in [-0.25, -0.2) is 4.98 Å². The Morgan fingerprint density at radius 2 is 2.18 bits per heavy atom. The van der Waals surface area contributed by atoms with Crippen molar-refractivity contribution in [2.75, 3.05) is 0 Å². The first-order valence-corrected chi connectivity index (χ1v) is 5.71. The van der Waals surface area contributed by atoms with Gasteiger partial charge in [0.25, 0.3) is 0 Å². The fourth-order valence-corrected chi connectivity index (χ4v) is 1.96. The molecule has 0 atom stereocenters. The number of aldehydes is 1. The summed E-state index contributed by atoms with van der Waals surface area (Å²) in [5, 5.41) is 0. The third-order valence-electron chi connectivity index (χ3n) is 2.91. The second-order valence-corrected chi connectivity index (χ2v) is 4.29. The van der Waals surface area contributed by atoms with Gasteiger partial charge in [-0.05, 0) is 25.3 Å². The Morgan fingerprint density at radius 3 is 2.88 bits per heavy atom. The number of aromatic nitrogens is 2. The molecule has 1 aromatic carbocycles. The van der Waals surface area contributed by atoms with Crippen molar-refractivity contribution >= 4 is 6.29 Å².